The summed E-state index contributed by atoms with van der Waals surface area (Å²) in [6.45, 7) is 1.00. The number of nitro groups is 1. The van der Waals surface area contributed by atoms with E-state index in [2.05, 4.69) is 0 Å². The highest BCUT2D eigenvalue weighted by molar-refractivity contribution is 5.73. The number of aliphatic carboxylic acids is 1. The summed E-state index contributed by atoms with van der Waals surface area (Å²) >= 11 is 0. The van der Waals surface area contributed by atoms with E-state index in [9.17, 15) is 14.9 Å². The lowest BCUT2D eigenvalue weighted by atomic mass is 10.1. The first kappa shape index (κ1) is 14.3. The topological polar surface area (TPSA) is 92.9 Å². The summed E-state index contributed by atoms with van der Waals surface area (Å²) in [4.78, 5) is 23.3. The Hall–Kier alpha value is -2.15. The molecule has 0 amide bonds. The van der Waals surface area contributed by atoms with Gasteiger partial charge in [0.25, 0.3) is 5.69 Å². The fourth-order valence-electron chi connectivity index (χ4n) is 2.52. The van der Waals surface area contributed by atoms with Crippen molar-refractivity contribution in [1.82, 2.24) is 4.90 Å². The van der Waals surface area contributed by atoms with Gasteiger partial charge < -0.3 is 9.84 Å². The Balaban J connectivity index is 2.25. The number of hydrogen-bond donors (Lipinski definition) is 1. The van der Waals surface area contributed by atoms with Crippen LogP contribution in [0.15, 0.2) is 18.2 Å². The molecule has 0 bridgehead atoms. The second-order valence-electron chi connectivity index (χ2n) is 4.72. The van der Waals surface area contributed by atoms with Gasteiger partial charge in [-0.15, -0.1) is 0 Å². The molecule has 0 aliphatic carbocycles. The third-order valence-electron chi connectivity index (χ3n) is 3.50. The summed E-state index contributed by atoms with van der Waals surface area (Å²) in [7, 11) is 1.49. The van der Waals surface area contributed by atoms with Crippen molar-refractivity contribution in [3.63, 3.8) is 0 Å². The minimum Gasteiger partial charge on any atom is -0.496 e. The van der Waals surface area contributed by atoms with E-state index in [0.717, 1.165) is 6.42 Å². The van der Waals surface area contributed by atoms with Crippen LogP contribution in [0.5, 0.6) is 5.75 Å². The molecule has 2 rings (SSSR count). The van der Waals surface area contributed by atoms with Gasteiger partial charge in [0, 0.05) is 24.2 Å². The number of methoxy groups -OCH3 is 1. The minimum absolute atomic E-state index is 0.0214. The average Bonchev–Trinajstić information content (AvgIpc) is 2.87. The Morgan fingerprint density at radius 3 is 2.95 bits per heavy atom. The number of nitro benzene ring substituents is 1. The molecule has 1 saturated heterocycles. The standard InChI is InChI=1S/C13H16N2O5/c1-20-12-5-4-10(15(18)19)7-9(12)8-14-6-2-3-11(14)13(16)17/h4-5,7,11H,2-3,6,8H2,1H3,(H,16,17)/t11-/m0/s1. The molecular formula is C13H16N2O5. The van der Waals surface area contributed by atoms with Gasteiger partial charge in [0.05, 0.1) is 12.0 Å². The van der Waals surface area contributed by atoms with Crippen LogP contribution in [0.3, 0.4) is 0 Å². The highest BCUT2D eigenvalue weighted by atomic mass is 16.6. The van der Waals surface area contributed by atoms with Crippen LogP contribution in [0.2, 0.25) is 0 Å². The summed E-state index contributed by atoms with van der Waals surface area (Å²) < 4.78 is 5.19. The molecule has 7 nitrogen and oxygen atoms in total. The van der Waals surface area contributed by atoms with E-state index in [4.69, 9.17) is 9.84 Å². The van der Waals surface area contributed by atoms with Crippen LogP contribution in [-0.2, 0) is 11.3 Å². The average molecular weight is 280 g/mol. The van der Waals surface area contributed by atoms with Crippen LogP contribution in [0.25, 0.3) is 0 Å². The van der Waals surface area contributed by atoms with Gasteiger partial charge in [0.1, 0.15) is 11.8 Å². The fraction of sp³-hybridized carbons (Fsp3) is 0.462. The van der Waals surface area contributed by atoms with Gasteiger partial charge in [-0.2, -0.15) is 0 Å². The van der Waals surface area contributed by atoms with Crippen molar-refractivity contribution in [2.45, 2.75) is 25.4 Å². The van der Waals surface area contributed by atoms with Crippen molar-refractivity contribution >= 4 is 11.7 Å². The molecule has 1 N–H and O–H groups in total. The minimum atomic E-state index is -0.855. The number of rotatable bonds is 5. The normalized spacial score (nSPS) is 18.9. The lowest BCUT2D eigenvalue weighted by Gasteiger charge is -2.21. The Bertz CT molecular complexity index is 531. The zero-order chi connectivity index (χ0) is 14.7. The summed E-state index contributed by atoms with van der Waals surface area (Å²) in [5.74, 6) is -0.321. The molecule has 0 spiro atoms. The lowest BCUT2D eigenvalue weighted by Crippen LogP contribution is -2.35. The van der Waals surface area contributed by atoms with Gasteiger partial charge in [-0.25, -0.2) is 0 Å². The van der Waals surface area contributed by atoms with E-state index in [1.54, 1.807) is 6.07 Å². The zero-order valence-electron chi connectivity index (χ0n) is 11.1. The first-order chi connectivity index (χ1) is 9.52. The van der Waals surface area contributed by atoms with Crippen LogP contribution in [-0.4, -0.2) is 40.6 Å². The fourth-order valence-corrected chi connectivity index (χ4v) is 2.52. The summed E-state index contributed by atoms with van der Waals surface area (Å²) in [5.41, 5.74) is 0.613. The summed E-state index contributed by atoms with van der Waals surface area (Å²) in [6.07, 6.45) is 1.42. The summed E-state index contributed by atoms with van der Waals surface area (Å²) in [6, 6.07) is 3.83. The molecule has 20 heavy (non-hydrogen) atoms. The molecule has 1 aliphatic heterocycles. The van der Waals surface area contributed by atoms with Crippen LogP contribution < -0.4 is 4.74 Å². The van der Waals surface area contributed by atoms with Crippen molar-refractivity contribution in [1.29, 1.82) is 0 Å². The molecule has 1 fully saturated rings. The lowest BCUT2D eigenvalue weighted by molar-refractivity contribution is -0.384. The highest BCUT2D eigenvalue weighted by Crippen LogP contribution is 2.28. The SMILES string of the molecule is COc1ccc([N+](=O)[O-])cc1CN1CCC[C@H]1C(=O)O. The number of hydrogen-bond acceptors (Lipinski definition) is 5. The molecule has 0 saturated carbocycles. The predicted octanol–water partition coefficient (Wildman–Crippen LogP) is 1.65. The van der Waals surface area contributed by atoms with E-state index < -0.39 is 16.9 Å². The molecular weight excluding hydrogens is 264 g/mol. The zero-order valence-corrected chi connectivity index (χ0v) is 11.1. The predicted molar refractivity (Wildman–Crippen MR) is 70.7 cm³/mol. The largest absolute Gasteiger partial charge is 0.496 e. The van der Waals surface area contributed by atoms with Gasteiger partial charge in [0.15, 0.2) is 0 Å². The molecule has 1 heterocycles. The highest BCUT2D eigenvalue weighted by Gasteiger charge is 2.31. The molecule has 1 aromatic rings. The Labute approximate surface area is 115 Å². The quantitative estimate of drug-likeness (QED) is 0.651. The van der Waals surface area contributed by atoms with Gasteiger partial charge in [-0.3, -0.25) is 19.8 Å². The Kier molecular flexibility index (Phi) is 4.19. The van der Waals surface area contributed by atoms with Gasteiger partial charge in [-0.05, 0) is 25.5 Å². The molecule has 1 aliphatic rings. The third-order valence-corrected chi connectivity index (χ3v) is 3.50. The smallest absolute Gasteiger partial charge is 0.320 e. The maximum Gasteiger partial charge on any atom is 0.320 e. The van der Waals surface area contributed by atoms with Crippen molar-refractivity contribution < 1.29 is 19.6 Å². The monoisotopic (exact) mass is 280 g/mol. The van der Waals surface area contributed by atoms with Gasteiger partial charge >= 0.3 is 5.97 Å². The number of carbonyl (C=O) groups is 1. The third kappa shape index (κ3) is 2.88. The van der Waals surface area contributed by atoms with Crippen LogP contribution >= 0.6 is 0 Å². The van der Waals surface area contributed by atoms with Crippen LogP contribution in [0, 0.1) is 10.1 Å². The van der Waals surface area contributed by atoms with E-state index >= 15 is 0 Å². The second-order valence-corrected chi connectivity index (χ2v) is 4.72. The molecule has 108 valence electrons. The number of nitrogens with zero attached hydrogens (tertiary/aromatic N) is 2. The van der Waals surface area contributed by atoms with E-state index in [0.29, 0.717) is 30.8 Å². The number of carboxylic acids is 1. The number of benzene rings is 1. The van der Waals surface area contributed by atoms with Crippen molar-refractivity contribution in [3.05, 3.63) is 33.9 Å². The number of ether oxygens (including phenoxy) is 1. The second kappa shape index (κ2) is 5.87. The summed E-state index contributed by atoms with van der Waals surface area (Å²) in [5, 5.41) is 20.0. The number of non-ortho nitro benzene ring substituents is 1. The van der Waals surface area contributed by atoms with E-state index in [1.165, 1.54) is 19.2 Å². The van der Waals surface area contributed by atoms with Crippen molar-refractivity contribution in [2.75, 3.05) is 13.7 Å². The van der Waals surface area contributed by atoms with Crippen LogP contribution in [0.4, 0.5) is 5.69 Å². The number of likely N-dealkylation sites (tertiary alicyclic amines) is 1. The Morgan fingerprint density at radius 2 is 2.35 bits per heavy atom. The first-order valence-corrected chi connectivity index (χ1v) is 6.31. The maximum atomic E-state index is 11.2. The van der Waals surface area contributed by atoms with Gasteiger partial charge in [0.2, 0.25) is 0 Å². The van der Waals surface area contributed by atoms with Crippen molar-refractivity contribution in [3.8, 4) is 5.75 Å². The Morgan fingerprint density at radius 1 is 1.60 bits per heavy atom. The van der Waals surface area contributed by atoms with Crippen molar-refractivity contribution in [2.24, 2.45) is 0 Å². The maximum absolute atomic E-state index is 11.2. The van der Waals surface area contributed by atoms with E-state index in [-0.39, 0.29) is 5.69 Å². The van der Waals surface area contributed by atoms with Gasteiger partial charge in [-0.1, -0.05) is 0 Å². The molecule has 0 aromatic heterocycles. The van der Waals surface area contributed by atoms with Crippen LogP contribution in [0.1, 0.15) is 18.4 Å². The first-order valence-electron chi connectivity index (χ1n) is 6.31. The molecule has 1 aromatic carbocycles. The molecule has 7 heteroatoms. The molecule has 1 atom stereocenters. The molecule has 0 unspecified atom stereocenters. The van der Waals surface area contributed by atoms with E-state index in [1.807, 2.05) is 4.90 Å². The molecule has 0 radical (unpaired) electrons. The number of carboxylic acid groups (broad SMARTS) is 1.